The molecule has 1 heterocycles. The summed E-state index contributed by atoms with van der Waals surface area (Å²) >= 11 is 0. The number of rotatable bonds is 6. The average Bonchev–Trinajstić information content (AvgIpc) is 3.02. The van der Waals surface area contributed by atoms with Crippen LogP contribution < -0.4 is 10.0 Å². The first-order chi connectivity index (χ1) is 12.0. The molecule has 0 aliphatic rings. The van der Waals surface area contributed by atoms with Crippen LogP contribution in [0.1, 0.15) is 23.1 Å². The normalized spacial score (nSPS) is 11.6. The predicted molar refractivity (Wildman–Crippen MR) is 94.6 cm³/mol. The van der Waals surface area contributed by atoms with E-state index in [1.807, 2.05) is 24.3 Å². The smallest absolute Gasteiger partial charge is 0.251 e. The molecular formula is C17H18N4O3S. The summed E-state index contributed by atoms with van der Waals surface area (Å²) in [6.45, 7) is 2.20. The first-order valence-electron chi connectivity index (χ1n) is 7.81. The molecule has 0 radical (unpaired) electrons. The van der Waals surface area contributed by atoms with Crippen molar-refractivity contribution in [2.45, 2.75) is 18.4 Å². The van der Waals surface area contributed by atoms with Gasteiger partial charge in [0, 0.05) is 12.1 Å². The van der Waals surface area contributed by atoms with Crippen molar-refractivity contribution in [2.24, 2.45) is 0 Å². The van der Waals surface area contributed by atoms with Crippen molar-refractivity contribution in [1.29, 1.82) is 0 Å². The summed E-state index contributed by atoms with van der Waals surface area (Å²) in [5.74, 6) is 0.264. The number of H-pyrrole nitrogens is 1. The van der Waals surface area contributed by atoms with Crippen LogP contribution in [-0.2, 0) is 16.6 Å². The zero-order chi connectivity index (χ0) is 17.9. The van der Waals surface area contributed by atoms with E-state index < -0.39 is 10.0 Å². The highest BCUT2D eigenvalue weighted by atomic mass is 32.2. The van der Waals surface area contributed by atoms with Gasteiger partial charge in [0.25, 0.3) is 5.91 Å². The fourth-order valence-electron chi connectivity index (χ4n) is 2.43. The number of amides is 1. The summed E-state index contributed by atoms with van der Waals surface area (Å²) in [6.07, 6.45) is 0. The predicted octanol–water partition coefficient (Wildman–Crippen LogP) is 1.79. The number of hydrogen-bond donors (Lipinski definition) is 3. The number of sulfonamides is 1. The van der Waals surface area contributed by atoms with Crippen LogP contribution in [0, 0.1) is 0 Å². The van der Waals surface area contributed by atoms with Gasteiger partial charge in [0.05, 0.1) is 22.5 Å². The minimum atomic E-state index is -3.60. The molecule has 0 aliphatic heterocycles. The minimum absolute atomic E-state index is 0.0609. The van der Waals surface area contributed by atoms with Crippen LogP contribution in [0.4, 0.5) is 0 Å². The quantitative estimate of drug-likeness (QED) is 0.625. The summed E-state index contributed by atoms with van der Waals surface area (Å²) in [4.78, 5) is 19.9. The van der Waals surface area contributed by atoms with Gasteiger partial charge in [-0.15, -0.1) is 0 Å². The lowest BCUT2D eigenvalue weighted by Gasteiger charge is -2.07. The van der Waals surface area contributed by atoms with E-state index in [4.69, 9.17) is 0 Å². The molecule has 0 bridgehead atoms. The van der Waals surface area contributed by atoms with E-state index in [0.717, 1.165) is 11.0 Å². The van der Waals surface area contributed by atoms with Crippen LogP contribution in [0.2, 0.25) is 0 Å². The highest BCUT2D eigenvalue weighted by Crippen LogP contribution is 2.12. The molecule has 2 aromatic carbocycles. The van der Waals surface area contributed by atoms with Crippen LogP contribution in [0.3, 0.4) is 0 Å². The number of nitrogens with zero attached hydrogens (tertiary/aromatic N) is 1. The summed E-state index contributed by atoms with van der Waals surface area (Å²) in [5, 5.41) is 2.74. The van der Waals surface area contributed by atoms with E-state index in [0.29, 0.717) is 5.82 Å². The maximum absolute atomic E-state index is 12.3. The van der Waals surface area contributed by atoms with Crippen LogP contribution in [-0.4, -0.2) is 30.8 Å². The minimum Gasteiger partial charge on any atom is -0.345 e. The number of carbonyl (C=O) groups is 1. The molecule has 7 nitrogen and oxygen atoms in total. The lowest BCUT2D eigenvalue weighted by molar-refractivity contribution is 0.0950. The van der Waals surface area contributed by atoms with Crippen molar-refractivity contribution in [3.05, 3.63) is 59.9 Å². The Balaban J connectivity index is 1.73. The highest BCUT2D eigenvalue weighted by molar-refractivity contribution is 7.89. The average molecular weight is 358 g/mol. The first kappa shape index (κ1) is 17.1. The molecule has 0 unspecified atom stereocenters. The number of aromatic nitrogens is 2. The Labute approximate surface area is 145 Å². The second-order valence-electron chi connectivity index (χ2n) is 5.41. The number of benzene rings is 2. The fraction of sp³-hybridized carbons (Fsp3) is 0.176. The van der Waals surface area contributed by atoms with Gasteiger partial charge in [-0.05, 0) is 30.3 Å². The van der Waals surface area contributed by atoms with Crippen molar-refractivity contribution >= 4 is 27.0 Å². The van der Waals surface area contributed by atoms with Gasteiger partial charge < -0.3 is 10.3 Å². The summed E-state index contributed by atoms with van der Waals surface area (Å²) in [7, 11) is -3.60. The zero-order valence-corrected chi connectivity index (χ0v) is 14.4. The van der Waals surface area contributed by atoms with E-state index >= 15 is 0 Å². The van der Waals surface area contributed by atoms with Crippen LogP contribution in [0.15, 0.2) is 53.4 Å². The zero-order valence-electron chi connectivity index (χ0n) is 13.6. The van der Waals surface area contributed by atoms with Crippen molar-refractivity contribution in [1.82, 2.24) is 20.0 Å². The molecule has 1 amide bonds. The molecule has 0 saturated carbocycles. The molecule has 25 heavy (non-hydrogen) atoms. The highest BCUT2D eigenvalue weighted by Gasteiger charge is 2.15. The monoisotopic (exact) mass is 358 g/mol. The number of aromatic amines is 1. The van der Waals surface area contributed by atoms with Gasteiger partial charge in [-0.25, -0.2) is 18.1 Å². The van der Waals surface area contributed by atoms with E-state index in [2.05, 4.69) is 20.0 Å². The van der Waals surface area contributed by atoms with Crippen molar-refractivity contribution in [2.75, 3.05) is 6.54 Å². The maximum Gasteiger partial charge on any atom is 0.251 e. The molecule has 0 saturated heterocycles. The molecule has 0 fully saturated rings. The SMILES string of the molecule is CCNS(=O)(=O)c1cccc(C(=O)NCc2nc3ccccc3[nH]2)c1. The Morgan fingerprint density at radius 2 is 1.96 bits per heavy atom. The number of carbonyl (C=O) groups excluding carboxylic acids is 1. The van der Waals surface area contributed by atoms with Crippen LogP contribution >= 0.6 is 0 Å². The van der Waals surface area contributed by atoms with Gasteiger partial charge in [0.1, 0.15) is 5.82 Å². The number of para-hydroxylation sites is 2. The molecule has 130 valence electrons. The third-order valence-corrected chi connectivity index (χ3v) is 5.14. The van der Waals surface area contributed by atoms with Crippen molar-refractivity contribution in [3.63, 3.8) is 0 Å². The van der Waals surface area contributed by atoms with Gasteiger partial charge in [-0.3, -0.25) is 4.79 Å². The molecule has 8 heteroatoms. The van der Waals surface area contributed by atoms with Gasteiger partial charge in [-0.1, -0.05) is 25.1 Å². The Kier molecular flexibility index (Phi) is 4.82. The molecular weight excluding hydrogens is 340 g/mol. The number of fused-ring (bicyclic) bond motifs is 1. The molecule has 3 aromatic rings. The number of nitrogens with one attached hydrogen (secondary N) is 3. The third kappa shape index (κ3) is 3.86. The summed E-state index contributed by atoms with van der Waals surface area (Å²) < 4.78 is 26.5. The van der Waals surface area contributed by atoms with Crippen LogP contribution in [0.5, 0.6) is 0 Å². The fourth-order valence-corrected chi connectivity index (χ4v) is 3.52. The number of hydrogen-bond acceptors (Lipinski definition) is 4. The third-order valence-electron chi connectivity index (χ3n) is 3.60. The number of imidazole rings is 1. The van der Waals surface area contributed by atoms with Gasteiger partial charge in [0.2, 0.25) is 10.0 Å². The van der Waals surface area contributed by atoms with Crippen molar-refractivity contribution in [3.8, 4) is 0 Å². The van der Waals surface area contributed by atoms with Gasteiger partial charge in [-0.2, -0.15) is 0 Å². The molecule has 3 N–H and O–H groups in total. The Morgan fingerprint density at radius 3 is 2.72 bits per heavy atom. The standard InChI is InChI=1S/C17H18N4O3S/c1-2-19-25(23,24)13-7-5-6-12(10-13)17(22)18-11-16-20-14-8-3-4-9-15(14)21-16/h3-10,19H,2,11H2,1H3,(H,18,22)(H,20,21). The second kappa shape index (κ2) is 7.04. The Bertz CT molecular complexity index is 978. The van der Waals surface area contributed by atoms with E-state index in [1.54, 1.807) is 19.1 Å². The van der Waals surface area contributed by atoms with E-state index in [-0.39, 0.29) is 29.5 Å². The van der Waals surface area contributed by atoms with E-state index in [1.165, 1.54) is 12.1 Å². The molecule has 0 atom stereocenters. The molecule has 1 aromatic heterocycles. The Hall–Kier alpha value is -2.71. The van der Waals surface area contributed by atoms with Crippen molar-refractivity contribution < 1.29 is 13.2 Å². The summed E-state index contributed by atoms with van der Waals surface area (Å²) in [5.41, 5.74) is 1.99. The lowest BCUT2D eigenvalue weighted by atomic mass is 10.2. The maximum atomic E-state index is 12.3. The topological polar surface area (TPSA) is 104 Å². The Morgan fingerprint density at radius 1 is 1.16 bits per heavy atom. The van der Waals surface area contributed by atoms with Crippen LogP contribution in [0.25, 0.3) is 11.0 Å². The van der Waals surface area contributed by atoms with Gasteiger partial charge in [0.15, 0.2) is 0 Å². The van der Waals surface area contributed by atoms with E-state index in [9.17, 15) is 13.2 Å². The first-order valence-corrected chi connectivity index (χ1v) is 9.29. The summed E-state index contributed by atoms with van der Waals surface area (Å²) in [6, 6.07) is 13.5. The second-order valence-corrected chi connectivity index (χ2v) is 7.18. The largest absolute Gasteiger partial charge is 0.345 e. The lowest BCUT2D eigenvalue weighted by Crippen LogP contribution is -2.25. The molecule has 3 rings (SSSR count). The van der Waals surface area contributed by atoms with Gasteiger partial charge >= 0.3 is 0 Å². The molecule has 0 aliphatic carbocycles. The molecule has 0 spiro atoms.